The highest BCUT2D eigenvalue weighted by Crippen LogP contribution is 2.13. The molecule has 3 nitrogen and oxygen atoms in total. The first-order valence-electron chi connectivity index (χ1n) is 6.34. The van der Waals surface area contributed by atoms with Crippen LogP contribution in [0.4, 0.5) is 0 Å². The van der Waals surface area contributed by atoms with E-state index >= 15 is 0 Å². The Morgan fingerprint density at radius 1 is 1.33 bits per heavy atom. The highest BCUT2D eigenvalue weighted by molar-refractivity contribution is 5.95. The summed E-state index contributed by atoms with van der Waals surface area (Å²) >= 11 is 0. The SMILES string of the molecule is CCC(C)CC(=O)c1cnn(-c2ccccc2)c1. The topological polar surface area (TPSA) is 34.9 Å². The zero-order valence-corrected chi connectivity index (χ0v) is 10.8. The van der Waals surface area contributed by atoms with Crippen LogP contribution >= 0.6 is 0 Å². The number of Topliss-reactive ketones (excluding diaryl/α,β-unsaturated/α-hetero) is 1. The summed E-state index contributed by atoms with van der Waals surface area (Å²) in [5.74, 6) is 0.601. The molecular weight excluding hydrogens is 224 g/mol. The van der Waals surface area contributed by atoms with Gasteiger partial charge in [0.15, 0.2) is 5.78 Å². The van der Waals surface area contributed by atoms with E-state index in [1.54, 1.807) is 17.1 Å². The first-order chi connectivity index (χ1) is 8.70. The Balaban J connectivity index is 2.13. The van der Waals surface area contributed by atoms with Crippen LogP contribution in [0.2, 0.25) is 0 Å². The summed E-state index contributed by atoms with van der Waals surface area (Å²) < 4.78 is 1.74. The van der Waals surface area contributed by atoms with Crippen LogP contribution in [0.3, 0.4) is 0 Å². The summed E-state index contributed by atoms with van der Waals surface area (Å²) in [5, 5.41) is 4.24. The van der Waals surface area contributed by atoms with Gasteiger partial charge in [-0.15, -0.1) is 0 Å². The van der Waals surface area contributed by atoms with Crippen LogP contribution in [0.15, 0.2) is 42.7 Å². The lowest BCUT2D eigenvalue weighted by Crippen LogP contribution is -2.04. The first kappa shape index (κ1) is 12.6. The Labute approximate surface area is 107 Å². The maximum atomic E-state index is 12.0. The highest BCUT2D eigenvalue weighted by atomic mass is 16.1. The number of nitrogens with zero attached hydrogens (tertiary/aromatic N) is 2. The summed E-state index contributed by atoms with van der Waals surface area (Å²) in [7, 11) is 0. The lowest BCUT2D eigenvalue weighted by Gasteiger charge is -2.05. The van der Waals surface area contributed by atoms with Crippen molar-refractivity contribution in [2.24, 2.45) is 5.92 Å². The van der Waals surface area contributed by atoms with Gasteiger partial charge in [-0.2, -0.15) is 5.10 Å². The molecule has 18 heavy (non-hydrogen) atoms. The van der Waals surface area contributed by atoms with Gasteiger partial charge in [0.2, 0.25) is 0 Å². The molecule has 1 unspecified atom stereocenters. The van der Waals surface area contributed by atoms with Gasteiger partial charge in [-0.3, -0.25) is 4.79 Å². The summed E-state index contributed by atoms with van der Waals surface area (Å²) in [5.41, 5.74) is 1.67. The van der Waals surface area contributed by atoms with E-state index in [1.165, 1.54) is 0 Å². The summed E-state index contributed by atoms with van der Waals surface area (Å²) in [4.78, 5) is 12.0. The largest absolute Gasteiger partial charge is 0.294 e. The molecule has 2 rings (SSSR count). The predicted octanol–water partition coefficient (Wildman–Crippen LogP) is 3.49. The van der Waals surface area contributed by atoms with Crippen molar-refractivity contribution in [3.8, 4) is 5.69 Å². The van der Waals surface area contributed by atoms with Gasteiger partial charge in [-0.1, -0.05) is 38.5 Å². The van der Waals surface area contributed by atoms with Crippen molar-refractivity contribution in [1.29, 1.82) is 0 Å². The molecule has 0 spiro atoms. The molecule has 0 aliphatic carbocycles. The molecule has 0 fully saturated rings. The molecule has 0 amide bonds. The minimum absolute atomic E-state index is 0.173. The maximum Gasteiger partial charge on any atom is 0.166 e. The molecule has 0 saturated heterocycles. The molecule has 0 radical (unpaired) electrons. The van der Waals surface area contributed by atoms with Gasteiger partial charge in [0.25, 0.3) is 0 Å². The molecule has 1 aromatic carbocycles. The van der Waals surface area contributed by atoms with Gasteiger partial charge in [0.1, 0.15) is 0 Å². The molecule has 0 aliphatic rings. The van der Waals surface area contributed by atoms with Gasteiger partial charge < -0.3 is 0 Å². The van der Waals surface area contributed by atoms with Crippen molar-refractivity contribution in [3.05, 3.63) is 48.3 Å². The van der Waals surface area contributed by atoms with Gasteiger partial charge >= 0.3 is 0 Å². The van der Waals surface area contributed by atoms with Crippen LogP contribution in [0.1, 0.15) is 37.0 Å². The first-order valence-corrected chi connectivity index (χ1v) is 6.34. The van der Waals surface area contributed by atoms with E-state index in [2.05, 4.69) is 18.9 Å². The Morgan fingerprint density at radius 2 is 2.06 bits per heavy atom. The second kappa shape index (κ2) is 5.63. The molecule has 2 aromatic rings. The van der Waals surface area contributed by atoms with Crippen LogP contribution in [-0.4, -0.2) is 15.6 Å². The molecule has 0 aliphatic heterocycles. The van der Waals surface area contributed by atoms with Crippen molar-refractivity contribution in [2.45, 2.75) is 26.7 Å². The van der Waals surface area contributed by atoms with Gasteiger partial charge in [0, 0.05) is 12.6 Å². The third-order valence-electron chi connectivity index (χ3n) is 3.16. The van der Waals surface area contributed by atoms with Gasteiger partial charge in [-0.05, 0) is 18.1 Å². The van der Waals surface area contributed by atoms with E-state index in [-0.39, 0.29) is 5.78 Å². The van der Waals surface area contributed by atoms with Gasteiger partial charge in [-0.25, -0.2) is 4.68 Å². The van der Waals surface area contributed by atoms with Crippen molar-refractivity contribution in [2.75, 3.05) is 0 Å². The Bertz CT molecular complexity index is 516. The van der Waals surface area contributed by atoms with E-state index in [9.17, 15) is 4.79 Å². The van der Waals surface area contributed by atoms with E-state index < -0.39 is 0 Å². The Morgan fingerprint density at radius 3 is 2.72 bits per heavy atom. The van der Waals surface area contributed by atoms with E-state index in [0.29, 0.717) is 17.9 Å². The number of carbonyl (C=O) groups is 1. The normalized spacial score (nSPS) is 12.3. The van der Waals surface area contributed by atoms with Crippen LogP contribution in [0.5, 0.6) is 0 Å². The molecule has 3 heteroatoms. The molecule has 0 bridgehead atoms. The lowest BCUT2D eigenvalue weighted by atomic mass is 10.00. The molecule has 0 N–H and O–H groups in total. The molecule has 94 valence electrons. The zero-order chi connectivity index (χ0) is 13.0. The number of hydrogen-bond donors (Lipinski definition) is 0. The Kier molecular flexibility index (Phi) is 3.92. The number of rotatable bonds is 5. The average Bonchev–Trinajstić information content (AvgIpc) is 2.89. The molecule has 1 heterocycles. The fourth-order valence-electron chi connectivity index (χ4n) is 1.77. The molecular formula is C15H18N2O. The van der Waals surface area contributed by atoms with Crippen molar-refractivity contribution in [1.82, 2.24) is 9.78 Å². The van der Waals surface area contributed by atoms with E-state index in [4.69, 9.17) is 0 Å². The maximum absolute atomic E-state index is 12.0. The third-order valence-corrected chi connectivity index (χ3v) is 3.16. The Hall–Kier alpha value is -1.90. The number of para-hydroxylation sites is 1. The predicted molar refractivity (Wildman–Crippen MR) is 72.0 cm³/mol. The van der Waals surface area contributed by atoms with Crippen LogP contribution in [-0.2, 0) is 0 Å². The summed E-state index contributed by atoms with van der Waals surface area (Å²) in [6.45, 7) is 4.20. The van der Waals surface area contributed by atoms with E-state index in [1.807, 2.05) is 30.3 Å². The fourth-order valence-corrected chi connectivity index (χ4v) is 1.77. The van der Waals surface area contributed by atoms with Gasteiger partial charge in [0.05, 0.1) is 17.4 Å². The monoisotopic (exact) mass is 242 g/mol. The fraction of sp³-hybridized carbons (Fsp3) is 0.333. The minimum atomic E-state index is 0.173. The van der Waals surface area contributed by atoms with Crippen LogP contribution < -0.4 is 0 Å². The third kappa shape index (κ3) is 2.86. The molecule has 1 aromatic heterocycles. The highest BCUT2D eigenvalue weighted by Gasteiger charge is 2.12. The smallest absolute Gasteiger partial charge is 0.166 e. The second-order valence-electron chi connectivity index (χ2n) is 4.65. The van der Waals surface area contributed by atoms with E-state index in [0.717, 1.165) is 12.1 Å². The zero-order valence-electron chi connectivity index (χ0n) is 10.8. The molecule has 1 atom stereocenters. The number of benzene rings is 1. The second-order valence-corrected chi connectivity index (χ2v) is 4.65. The molecule has 0 saturated carbocycles. The number of carbonyl (C=O) groups excluding carboxylic acids is 1. The van der Waals surface area contributed by atoms with Crippen LogP contribution in [0.25, 0.3) is 5.69 Å². The van der Waals surface area contributed by atoms with Crippen molar-refractivity contribution >= 4 is 5.78 Å². The summed E-state index contributed by atoms with van der Waals surface area (Å²) in [6.07, 6.45) is 5.08. The quantitative estimate of drug-likeness (QED) is 0.752. The van der Waals surface area contributed by atoms with Crippen LogP contribution in [0, 0.1) is 5.92 Å². The number of hydrogen-bond acceptors (Lipinski definition) is 2. The average molecular weight is 242 g/mol. The lowest BCUT2D eigenvalue weighted by molar-refractivity contribution is 0.0963. The standard InChI is InChI=1S/C15H18N2O/c1-3-12(2)9-15(18)13-10-16-17(11-13)14-7-5-4-6-8-14/h4-8,10-12H,3,9H2,1-2H3. The minimum Gasteiger partial charge on any atom is -0.294 e. The number of ketones is 1. The number of aromatic nitrogens is 2. The summed E-state index contributed by atoms with van der Waals surface area (Å²) in [6, 6.07) is 9.81. The van der Waals surface area contributed by atoms with Crippen molar-refractivity contribution < 1.29 is 4.79 Å². The van der Waals surface area contributed by atoms with Crippen molar-refractivity contribution in [3.63, 3.8) is 0 Å².